The van der Waals surface area contributed by atoms with Gasteiger partial charge in [-0.15, -0.1) is 0 Å². The van der Waals surface area contributed by atoms with Crippen LogP contribution in [0.5, 0.6) is 0 Å². The molecule has 1 aromatic rings. The fourth-order valence-electron chi connectivity index (χ4n) is 1.13. The largest absolute Gasteiger partial charge is 0.389 e. The van der Waals surface area contributed by atoms with Gasteiger partial charge in [0, 0.05) is 13.1 Å². The molecule has 0 aliphatic carbocycles. The van der Waals surface area contributed by atoms with Crippen molar-refractivity contribution < 1.29 is 5.11 Å². The Hall–Kier alpha value is -1.07. The molecule has 16 heavy (non-hydrogen) atoms. The SMILES string of the molecule is CCn1ncc(NCC(C)(C)O)c(Cl)c1=O. The first-order chi connectivity index (χ1) is 7.35. The third-order valence-corrected chi connectivity index (χ3v) is 2.36. The van der Waals surface area contributed by atoms with Crippen molar-refractivity contribution in [2.75, 3.05) is 11.9 Å². The van der Waals surface area contributed by atoms with Crippen molar-refractivity contribution in [2.24, 2.45) is 0 Å². The number of nitrogens with zero attached hydrogens (tertiary/aromatic N) is 2. The van der Waals surface area contributed by atoms with Crippen molar-refractivity contribution >= 4 is 17.3 Å². The van der Waals surface area contributed by atoms with Crippen LogP contribution in [0.4, 0.5) is 5.69 Å². The molecule has 0 bridgehead atoms. The summed E-state index contributed by atoms with van der Waals surface area (Å²) in [5, 5.41) is 16.4. The predicted molar refractivity (Wildman–Crippen MR) is 64.0 cm³/mol. The predicted octanol–water partition coefficient (Wildman–Crippen LogP) is 1.10. The number of aliphatic hydroxyl groups is 1. The molecule has 0 aromatic carbocycles. The maximum atomic E-state index is 11.6. The molecule has 1 heterocycles. The Morgan fingerprint density at radius 2 is 2.25 bits per heavy atom. The minimum atomic E-state index is -0.872. The minimum absolute atomic E-state index is 0.0982. The first-order valence-electron chi connectivity index (χ1n) is 5.07. The summed E-state index contributed by atoms with van der Waals surface area (Å²) in [6.07, 6.45) is 1.49. The fourth-order valence-corrected chi connectivity index (χ4v) is 1.34. The molecule has 2 N–H and O–H groups in total. The van der Waals surface area contributed by atoms with Crippen LogP contribution in [0.15, 0.2) is 11.0 Å². The van der Waals surface area contributed by atoms with Crippen molar-refractivity contribution in [1.29, 1.82) is 0 Å². The number of halogens is 1. The molecule has 0 atom stereocenters. The molecule has 0 fully saturated rings. The maximum absolute atomic E-state index is 11.6. The van der Waals surface area contributed by atoms with E-state index in [0.29, 0.717) is 18.8 Å². The zero-order chi connectivity index (χ0) is 12.3. The second-order valence-electron chi connectivity index (χ2n) is 4.16. The second kappa shape index (κ2) is 4.84. The van der Waals surface area contributed by atoms with Gasteiger partial charge in [0.05, 0.1) is 17.5 Å². The van der Waals surface area contributed by atoms with E-state index in [9.17, 15) is 9.90 Å². The van der Waals surface area contributed by atoms with E-state index in [1.54, 1.807) is 13.8 Å². The van der Waals surface area contributed by atoms with Gasteiger partial charge in [0.15, 0.2) is 0 Å². The van der Waals surface area contributed by atoms with Gasteiger partial charge in [-0.05, 0) is 20.8 Å². The van der Waals surface area contributed by atoms with Gasteiger partial charge in [0.2, 0.25) is 0 Å². The first-order valence-corrected chi connectivity index (χ1v) is 5.45. The molecule has 0 saturated heterocycles. The van der Waals surface area contributed by atoms with Gasteiger partial charge in [-0.25, -0.2) is 4.68 Å². The number of aromatic nitrogens is 2. The van der Waals surface area contributed by atoms with E-state index in [-0.39, 0.29) is 10.6 Å². The standard InChI is InChI=1S/C10H16ClN3O2/c1-4-14-9(15)8(11)7(5-13-14)12-6-10(2,3)16/h5,12,16H,4,6H2,1-3H3. The molecule has 1 rings (SSSR count). The summed E-state index contributed by atoms with van der Waals surface area (Å²) in [5.41, 5.74) is -0.758. The summed E-state index contributed by atoms with van der Waals surface area (Å²) in [5.74, 6) is 0. The molecule has 0 saturated carbocycles. The smallest absolute Gasteiger partial charge is 0.287 e. The van der Waals surface area contributed by atoms with Gasteiger partial charge in [0.25, 0.3) is 5.56 Å². The Morgan fingerprint density at radius 1 is 1.62 bits per heavy atom. The molecule has 90 valence electrons. The Bertz CT molecular complexity index is 423. The fraction of sp³-hybridized carbons (Fsp3) is 0.600. The summed E-state index contributed by atoms with van der Waals surface area (Å²) in [6.45, 7) is 5.91. The molecule has 5 nitrogen and oxygen atoms in total. The third-order valence-electron chi connectivity index (χ3n) is 2.00. The highest BCUT2D eigenvalue weighted by Gasteiger charge is 2.14. The van der Waals surface area contributed by atoms with Crippen molar-refractivity contribution in [1.82, 2.24) is 9.78 Å². The van der Waals surface area contributed by atoms with Crippen molar-refractivity contribution in [3.05, 3.63) is 21.6 Å². The van der Waals surface area contributed by atoms with Crippen LogP contribution < -0.4 is 10.9 Å². The maximum Gasteiger partial charge on any atom is 0.287 e. The van der Waals surface area contributed by atoms with Crippen LogP contribution in [0.3, 0.4) is 0 Å². The Morgan fingerprint density at radius 3 is 2.75 bits per heavy atom. The Kier molecular flexibility index (Phi) is 3.93. The van der Waals surface area contributed by atoms with Gasteiger partial charge in [-0.3, -0.25) is 4.79 Å². The van der Waals surface area contributed by atoms with Crippen LogP contribution >= 0.6 is 11.6 Å². The molecule has 0 radical (unpaired) electrons. The van der Waals surface area contributed by atoms with E-state index in [0.717, 1.165) is 0 Å². The monoisotopic (exact) mass is 245 g/mol. The lowest BCUT2D eigenvalue weighted by atomic mass is 10.1. The van der Waals surface area contributed by atoms with E-state index >= 15 is 0 Å². The average Bonchev–Trinajstić information content (AvgIpc) is 2.19. The number of rotatable bonds is 4. The molecule has 0 aliphatic heterocycles. The highest BCUT2D eigenvalue weighted by atomic mass is 35.5. The van der Waals surface area contributed by atoms with E-state index in [4.69, 9.17) is 11.6 Å². The second-order valence-corrected chi connectivity index (χ2v) is 4.54. The summed E-state index contributed by atoms with van der Waals surface area (Å²) in [7, 11) is 0. The number of hydrogen-bond donors (Lipinski definition) is 2. The lowest BCUT2D eigenvalue weighted by Gasteiger charge is -2.18. The van der Waals surface area contributed by atoms with Crippen LogP contribution in [-0.4, -0.2) is 27.0 Å². The number of anilines is 1. The summed E-state index contributed by atoms with van der Waals surface area (Å²) in [4.78, 5) is 11.6. The highest BCUT2D eigenvalue weighted by molar-refractivity contribution is 6.32. The topological polar surface area (TPSA) is 67.2 Å². The molecule has 0 unspecified atom stereocenters. The lowest BCUT2D eigenvalue weighted by molar-refractivity contribution is 0.0945. The van der Waals surface area contributed by atoms with Crippen LogP contribution in [-0.2, 0) is 6.54 Å². The summed E-state index contributed by atoms with van der Waals surface area (Å²) in [6, 6.07) is 0. The van der Waals surface area contributed by atoms with E-state index in [1.807, 2.05) is 6.92 Å². The third kappa shape index (κ3) is 3.21. The highest BCUT2D eigenvalue weighted by Crippen LogP contribution is 2.16. The van der Waals surface area contributed by atoms with Crippen LogP contribution in [0.25, 0.3) is 0 Å². The lowest BCUT2D eigenvalue weighted by Crippen LogP contribution is -2.31. The first kappa shape index (κ1) is 13.0. The molecule has 0 amide bonds. The number of hydrogen-bond acceptors (Lipinski definition) is 4. The van der Waals surface area contributed by atoms with E-state index in [2.05, 4.69) is 10.4 Å². The summed E-state index contributed by atoms with van der Waals surface area (Å²) >= 11 is 5.89. The quantitative estimate of drug-likeness (QED) is 0.834. The van der Waals surface area contributed by atoms with Crippen molar-refractivity contribution in [3.8, 4) is 0 Å². The molecular weight excluding hydrogens is 230 g/mol. The number of nitrogens with one attached hydrogen (secondary N) is 1. The molecule has 0 aliphatic rings. The normalized spacial score (nSPS) is 11.6. The van der Waals surface area contributed by atoms with Gasteiger partial charge >= 0.3 is 0 Å². The van der Waals surface area contributed by atoms with Gasteiger partial charge in [-0.1, -0.05) is 11.6 Å². The van der Waals surface area contributed by atoms with E-state index in [1.165, 1.54) is 10.9 Å². The molecule has 1 aromatic heterocycles. The zero-order valence-electron chi connectivity index (χ0n) is 9.62. The average molecular weight is 246 g/mol. The van der Waals surface area contributed by atoms with Crippen LogP contribution in [0, 0.1) is 0 Å². The molecule has 6 heteroatoms. The zero-order valence-corrected chi connectivity index (χ0v) is 10.4. The van der Waals surface area contributed by atoms with E-state index < -0.39 is 5.60 Å². The molecule has 0 spiro atoms. The van der Waals surface area contributed by atoms with Crippen molar-refractivity contribution in [2.45, 2.75) is 32.9 Å². The van der Waals surface area contributed by atoms with Crippen molar-refractivity contribution in [3.63, 3.8) is 0 Å². The Balaban J connectivity index is 2.91. The van der Waals surface area contributed by atoms with Gasteiger partial charge in [-0.2, -0.15) is 5.10 Å². The number of aryl methyl sites for hydroxylation is 1. The molecular formula is C10H16ClN3O2. The van der Waals surface area contributed by atoms with Gasteiger partial charge < -0.3 is 10.4 Å². The Labute approximate surface area is 99.0 Å². The van der Waals surface area contributed by atoms with Crippen LogP contribution in [0.1, 0.15) is 20.8 Å². The minimum Gasteiger partial charge on any atom is -0.389 e. The summed E-state index contributed by atoms with van der Waals surface area (Å²) < 4.78 is 1.28. The van der Waals surface area contributed by atoms with Gasteiger partial charge in [0.1, 0.15) is 5.02 Å². The van der Waals surface area contributed by atoms with Crippen LogP contribution in [0.2, 0.25) is 5.02 Å².